The van der Waals surface area contributed by atoms with Gasteiger partial charge in [-0.1, -0.05) is 12.1 Å². The molecule has 1 aromatic carbocycles. The topological polar surface area (TPSA) is 115 Å². The number of nitrogens with two attached hydrogens (primary N) is 1. The molecule has 9 heteroatoms. The second-order valence-corrected chi connectivity index (χ2v) is 7.92. The van der Waals surface area contributed by atoms with Crippen LogP contribution in [0.2, 0.25) is 0 Å². The number of carbonyl (C=O) groups excluding carboxylic acids is 2. The summed E-state index contributed by atoms with van der Waals surface area (Å²) in [5.41, 5.74) is 8.04. The molecular weight excluding hydrogens is 400 g/mol. The number of benzene rings is 1. The maximum atomic E-state index is 13.2. The van der Waals surface area contributed by atoms with Gasteiger partial charge in [0.15, 0.2) is 5.65 Å². The number of pyridine rings is 1. The predicted octanol–water partition coefficient (Wildman–Crippen LogP) is 4.48. The van der Waals surface area contributed by atoms with E-state index in [0.29, 0.717) is 33.7 Å². The Morgan fingerprint density at radius 3 is 2.53 bits per heavy atom. The zero-order valence-corrected chi connectivity index (χ0v) is 17.2. The number of amides is 3. The minimum atomic E-state index is -0.670. The van der Waals surface area contributed by atoms with E-state index in [2.05, 4.69) is 15.7 Å². The summed E-state index contributed by atoms with van der Waals surface area (Å²) in [5, 5.41) is 12.5. The van der Waals surface area contributed by atoms with Crippen molar-refractivity contribution in [2.75, 3.05) is 10.6 Å². The number of thiophene rings is 1. The Morgan fingerprint density at radius 1 is 1.10 bits per heavy atom. The van der Waals surface area contributed by atoms with Gasteiger partial charge in [-0.05, 0) is 49.6 Å². The molecule has 152 valence electrons. The Morgan fingerprint density at radius 2 is 1.87 bits per heavy atom. The molecule has 0 spiro atoms. The largest absolute Gasteiger partial charge is 0.351 e. The van der Waals surface area contributed by atoms with Crippen LogP contribution in [-0.4, -0.2) is 26.7 Å². The fourth-order valence-electron chi connectivity index (χ4n) is 3.15. The maximum Gasteiger partial charge on any atom is 0.316 e. The van der Waals surface area contributed by atoms with E-state index in [1.807, 2.05) is 31.4 Å². The van der Waals surface area contributed by atoms with Crippen LogP contribution in [0.5, 0.6) is 0 Å². The number of primary amides is 1. The first kappa shape index (κ1) is 19.6. The highest BCUT2D eigenvalue weighted by molar-refractivity contribution is 7.13. The maximum absolute atomic E-state index is 13.2. The Balaban J connectivity index is 1.76. The number of carbonyl (C=O) groups is 2. The van der Waals surface area contributed by atoms with Gasteiger partial charge < -0.3 is 16.4 Å². The molecule has 4 aromatic rings. The lowest BCUT2D eigenvalue weighted by Crippen LogP contribution is -2.19. The highest BCUT2D eigenvalue weighted by Gasteiger charge is 2.19. The third kappa shape index (κ3) is 3.87. The highest BCUT2D eigenvalue weighted by Crippen LogP contribution is 2.29. The minimum absolute atomic E-state index is 0.0982. The lowest BCUT2D eigenvalue weighted by atomic mass is 10.1. The Kier molecular flexibility index (Phi) is 5.20. The summed E-state index contributed by atoms with van der Waals surface area (Å²) in [7, 11) is 0. The number of fused-ring (bicyclic) bond motifs is 1. The number of nitrogens with zero attached hydrogens (tertiary/aromatic N) is 3. The summed E-state index contributed by atoms with van der Waals surface area (Å²) >= 11 is 1.56. The molecule has 30 heavy (non-hydrogen) atoms. The zero-order valence-electron chi connectivity index (χ0n) is 16.4. The number of hydrogen-bond acceptors (Lipinski definition) is 5. The predicted molar refractivity (Wildman–Crippen MR) is 119 cm³/mol. The molecule has 3 heterocycles. The average molecular weight is 420 g/mol. The van der Waals surface area contributed by atoms with Crippen LogP contribution in [0.1, 0.15) is 30.2 Å². The SMILES string of the molecule is CC(C)n1ncc2c(C(=O)Nc3cccc(NC(N)=O)c3)cc(-c3cccs3)nc21. The first-order chi connectivity index (χ1) is 14.4. The molecule has 0 unspecified atom stereocenters. The third-order valence-electron chi connectivity index (χ3n) is 4.46. The average Bonchev–Trinajstić information content (AvgIpc) is 3.36. The molecule has 0 saturated carbocycles. The summed E-state index contributed by atoms with van der Waals surface area (Å²) in [6.07, 6.45) is 1.67. The summed E-state index contributed by atoms with van der Waals surface area (Å²) in [6.45, 7) is 4.03. The van der Waals surface area contributed by atoms with Crippen LogP contribution in [0.25, 0.3) is 21.6 Å². The monoisotopic (exact) mass is 420 g/mol. The molecule has 0 bridgehead atoms. The molecule has 4 N–H and O–H groups in total. The van der Waals surface area contributed by atoms with Crippen molar-refractivity contribution in [3.8, 4) is 10.6 Å². The quantitative estimate of drug-likeness (QED) is 0.441. The van der Waals surface area contributed by atoms with E-state index in [9.17, 15) is 9.59 Å². The van der Waals surface area contributed by atoms with Crippen LogP contribution >= 0.6 is 11.3 Å². The molecule has 0 aliphatic heterocycles. The van der Waals surface area contributed by atoms with Crippen LogP contribution in [0.3, 0.4) is 0 Å². The van der Waals surface area contributed by atoms with E-state index in [4.69, 9.17) is 10.7 Å². The van der Waals surface area contributed by atoms with Gasteiger partial charge in [0.25, 0.3) is 5.91 Å². The molecule has 0 atom stereocenters. The fourth-order valence-corrected chi connectivity index (χ4v) is 3.84. The molecule has 0 aliphatic rings. The molecule has 0 fully saturated rings. The fraction of sp³-hybridized carbons (Fsp3) is 0.143. The van der Waals surface area contributed by atoms with Gasteiger partial charge in [0, 0.05) is 17.4 Å². The first-order valence-corrected chi connectivity index (χ1v) is 10.2. The van der Waals surface area contributed by atoms with Crippen molar-refractivity contribution in [1.29, 1.82) is 0 Å². The minimum Gasteiger partial charge on any atom is -0.351 e. The molecule has 3 amide bonds. The molecule has 0 saturated heterocycles. The summed E-state index contributed by atoms with van der Waals surface area (Å²) in [6, 6.07) is 11.9. The summed E-state index contributed by atoms with van der Waals surface area (Å²) < 4.78 is 1.81. The van der Waals surface area contributed by atoms with E-state index in [1.165, 1.54) is 0 Å². The summed E-state index contributed by atoms with van der Waals surface area (Å²) in [4.78, 5) is 30.0. The molecule has 4 rings (SSSR count). The van der Waals surface area contributed by atoms with Crippen molar-refractivity contribution in [3.05, 3.63) is 59.6 Å². The van der Waals surface area contributed by atoms with E-state index < -0.39 is 6.03 Å². The number of aromatic nitrogens is 3. The number of urea groups is 1. The van der Waals surface area contributed by atoms with Crippen LogP contribution < -0.4 is 16.4 Å². The zero-order chi connectivity index (χ0) is 21.3. The van der Waals surface area contributed by atoms with Gasteiger partial charge in [0.2, 0.25) is 0 Å². The van der Waals surface area contributed by atoms with Gasteiger partial charge in [0.05, 0.1) is 27.7 Å². The van der Waals surface area contributed by atoms with Gasteiger partial charge in [-0.3, -0.25) is 4.79 Å². The lowest BCUT2D eigenvalue weighted by Gasteiger charge is -2.11. The third-order valence-corrected chi connectivity index (χ3v) is 5.35. The normalized spacial score (nSPS) is 11.0. The highest BCUT2D eigenvalue weighted by atomic mass is 32.1. The summed E-state index contributed by atoms with van der Waals surface area (Å²) in [5.74, 6) is -0.292. The molecular formula is C21H20N6O2S. The Labute approximate surface area is 176 Å². The smallest absolute Gasteiger partial charge is 0.316 e. The van der Waals surface area contributed by atoms with Crippen LogP contribution in [0, 0.1) is 0 Å². The van der Waals surface area contributed by atoms with Crippen molar-refractivity contribution in [2.45, 2.75) is 19.9 Å². The van der Waals surface area contributed by atoms with Gasteiger partial charge in [-0.15, -0.1) is 11.3 Å². The first-order valence-electron chi connectivity index (χ1n) is 9.32. The number of hydrogen-bond donors (Lipinski definition) is 3. The second-order valence-electron chi connectivity index (χ2n) is 6.98. The van der Waals surface area contributed by atoms with Crippen LogP contribution in [-0.2, 0) is 0 Å². The molecule has 0 radical (unpaired) electrons. The lowest BCUT2D eigenvalue weighted by molar-refractivity contribution is 0.102. The Hall–Kier alpha value is -3.72. The van der Waals surface area contributed by atoms with E-state index in [1.54, 1.807) is 52.5 Å². The number of rotatable bonds is 5. The van der Waals surface area contributed by atoms with E-state index in [-0.39, 0.29) is 11.9 Å². The van der Waals surface area contributed by atoms with Crippen molar-refractivity contribution in [1.82, 2.24) is 14.8 Å². The van der Waals surface area contributed by atoms with E-state index in [0.717, 1.165) is 4.88 Å². The molecule has 0 aliphatic carbocycles. The van der Waals surface area contributed by atoms with Crippen molar-refractivity contribution in [2.24, 2.45) is 5.73 Å². The van der Waals surface area contributed by atoms with E-state index >= 15 is 0 Å². The van der Waals surface area contributed by atoms with Crippen molar-refractivity contribution >= 4 is 45.7 Å². The second kappa shape index (κ2) is 7.96. The molecule has 8 nitrogen and oxygen atoms in total. The number of nitrogens with one attached hydrogen (secondary N) is 2. The van der Waals surface area contributed by atoms with Gasteiger partial charge >= 0.3 is 6.03 Å². The van der Waals surface area contributed by atoms with Crippen molar-refractivity contribution in [3.63, 3.8) is 0 Å². The van der Waals surface area contributed by atoms with Crippen LogP contribution in [0.15, 0.2) is 54.0 Å². The Bertz CT molecular complexity index is 1230. The number of anilines is 2. The van der Waals surface area contributed by atoms with Crippen LogP contribution in [0.4, 0.5) is 16.2 Å². The van der Waals surface area contributed by atoms with Gasteiger partial charge in [-0.2, -0.15) is 5.10 Å². The van der Waals surface area contributed by atoms with Gasteiger partial charge in [0.1, 0.15) is 0 Å². The standard InChI is InChI=1S/C21H20N6O2S/c1-12(2)27-19-16(11-23-27)15(10-17(26-19)18-7-4-8-30-18)20(28)24-13-5-3-6-14(9-13)25-21(22)29/h3-12H,1-2H3,(H,24,28)(H3,22,25,29). The van der Waals surface area contributed by atoms with Crippen molar-refractivity contribution < 1.29 is 9.59 Å². The molecule has 3 aromatic heterocycles. The van der Waals surface area contributed by atoms with Gasteiger partial charge in [-0.25, -0.2) is 14.5 Å².